The summed E-state index contributed by atoms with van der Waals surface area (Å²) in [7, 11) is 0. The Labute approximate surface area is 179 Å². The highest BCUT2D eigenvalue weighted by molar-refractivity contribution is 9.10. The number of piperazine rings is 2. The average molecular weight is 460 g/mol. The fourth-order valence-electron chi connectivity index (χ4n) is 3.78. The number of pyridine rings is 1. The van der Waals surface area contributed by atoms with Gasteiger partial charge in [-0.3, -0.25) is 9.69 Å². The maximum atomic E-state index is 12.6. The van der Waals surface area contributed by atoms with E-state index in [1.165, 1.54) is 0 Å². The van der Waals surface area contributed by atoms with E-state index in [0.717, 1.165) is 75.1 Å². The van der Waals surface area contributed by atoms with E-state index in [1.807, 2.05) is 29.3 Å². The molecule has 4 heterocycles. The lowest BCUT2D eigenvalue weighted by Crippen LogP contribution is -2.51. The Balaban J connectivity index is 1.17. The van der Waals surface area contributed by atoms with Gasteiger partial charge in [-0.1, -0.05) is 0 Å². The molecule has 2 fully saturated rings. The van der Waals surface area contributed by atoms with E-state index in [9.17, 15) is 4.79 Å². The molecule has 8 nitrogen and oxygen atoms in total. The number of amides is 1. The third-order valence-electron chi connectivity index (χ3n) is 5.52. The molecule has 0 aliphatic carbocycles. The zero-order valence-corrected chi connectivity index (χ0v) is 18.0. The van der Waals surface area contributed by atoms with Crippen molar-refractivity contribution in [1.29, 1.82) is 0 Å². The van der Waals surface area contributed by atoms with Gasteiger partial charge in [-0.2, -0.15) is 0 Å². The Morgan fingerprint density at radius 2 is 1.59 bits per heavy atom. The molecule has 0 aromatic carbocycles. The normalized spacial score (nSPS) is 18.2. The van der Waals surface area contributed by atoms with Crippen LogP contribution in [0.5, 0.6) is 0 Å². The van der Waals surface area contributed by atoms with Gasteiger partial charge in [0, 0.05) is 88.4 Å². The number of nitrogens with zero attached hydrogens (tertiary/aromatic N) is 7. The first-order valence-electron chi connectivity index (χ1n) is 10.1. The molecule has 2 aromatic heterocycles. The third-order valence-corrected chi connectivity index (χ3v) is 5.99. The topological polar surface area (TPSA) is 68.7 Å². The Hall–Kier alpha value is -2.26. The lowest BCUT2D eigenvalue weighted by atomic mass is 10.2. The highest BCUT2D eigenvalue weighted by atomic mass is 79.9. The van der Waals surface area contributed by atoms with Crippen molar-refractivity contribution >= 4 is 33.6 Å². The fraction of sp³-hybridized carbons (Fsp3) is 0.500. The first-order chi connectivity index (χ1) is 14.2. The van der Waals surface area contributed by atoms with Crippen molar-refractivity contribution in [2.24, 2.45) is 0 Å². The van der Waals surface area contributed by atoms with Gasteiger partial charge >= 0.3 is 0 Å². The summed E-state index contributed by atoms with van der Waals surface area (Å²) in [5.41, 5.74) is 0. The van der Waals surface area contributed by atoms with Gasteiger partial charge in [0.25, 0.3) is 0 Å². The molecule has 0 bridgehead atoms. The highest BCUT2D eigenvalue weighted by Gasteiger charge is 2.24. The molecule has 0 saturated carbocycles. The van der Waals surface area contributed by atoms with Crippen molar-refractivity contribution in [3.63, 3.8) is 0 Å². The standard InChI is InChI=1S/C20H26BrN7O/c21-17-2-3-18(24-16-17)26-10-8-25(9-11-26)7-4-19(29)27-12-14-28(15-13-27)20-22-5-1-6-23-20/h1-3,5-6,16H,4,7-15H2. The first-order valence-corrected chi connectivity index (χ1v) is 10.9. The number of carbonyl (C=O) groups excluding carboxylic acids is 1. The summed E-state index contributed by atoms with van der Waals surface area (Å²) >= 11 is 3.43. The molecule has 2 aliphatic heterocycles. The van der Waals surface area contributed by atoms with Crippen LogP contribution in [0.2, 0.25) is 0 Å². The lowest BCUT2D eigenvalue weighted by molar-refractivity contribution is -0.131. The zero-order valence-electron chi connectivity index (χ0n) is 16.5. The minimum atomic E-state index is 0.246. The zero-order chi connectivity index (χ0) is 20.1. The number of aromatic nitrogens is 3. The Kier molecular flexibility index (Phi) is 6.56. The SMILES string of the molecule is O=C(CCN1CCN(c2ccc(Br)cn2)CC1)N1CCN(c2ncccn2)CC1. The summed E-state index contributed by atoms with van der Waals surface area (Å²) in [6.45, 7) is 7.68. The van der Waals surface area contributed by atoms with Crippen LogP contribution in [0.1, 0.15) is 6.42 Å². The lowest BCUT2D eigenvalue weighted by Gasteiger charge is -2.37. The van der Waals surface area contributed by atoms with Crippen LogP contribution in [0.3, 0.4) is 0 Å². The van der Waals surface area contributed by atoms with Gasteiger partial charge in [0.1, 0.15) is 5.82 Å². The maximum absolute atomic E-state index is 12.6. The van der Waals surface area contributed by atoms with Crippen LogP contribution in [-0.4, -0.2) is 89.6 Å². The molecule has 0 N–H and O–H groups in total. The summed E-state index contributed by atoms with van der Waals surface area (Å²) < 4.78 is 0.996. The van der Waals surface area contributed by atoms with Crippen molar-refractivity contribution < 1.29 is 4.79 Å². The van der Waals surface area contributed by atoms with Gasteiger partial charge in [-0.15, -0.1) is 0 Å². The monoisotopic (exact) mass is 459 g/mol. The Morgan fingerprint density at radius 1 is 0.897 bits per heavy atom. The van der Waals surface area contributed by atoms with E-state index in [-0.39, 0.29) is 5.91 Å². The van der Waals surface area contributed by atoms with E-state index >= 15 is 0 Å². The van der Waals surface area contributed by atoms with Crippen LogP contribution in [-0.2, 0) is 4.79 Å². The van der Waals surface area contributed by atoms with E-state index in [2.05, 4.69) is 45.6 Å². The van der Waals surface area contributed by atoms with Crippen molar-refractivity contribution in [3.05, 3.63) is 41.3 Å². The van der Waals surface area contributed by atoms with Gasteiger partial charge in [-0.05, 0) is 34.1 Å². The largest absolute Gasteiger partial charge is 0.354 e. The van der Waals surface area contributed by atoms with Crippen molar-refractivity contribution in [1.82, 2.24) is 24.8 Å². The summed E-state index contributed by atoms with van der Waals surface area (Å²) in [5.74, 6) is 2.01. The van der Waals surface area contributed by atoms with Gasteiger partial charge < -0.3 is 14.7 Å². The second kappa shape index (κ2) is 9.49. The maximum Gasteiger partial charge on any atom is 0.225 e. The van der Waals surface area contributed by atoms with Crippen LogP contribution >= 0.6 is 15.9 Å². The van der Waals surface area contributed by atoms with Crippen molar-refractivity contribution in [2.75, 3.05) is 68.7 Å². The van der Waals surface area contributed by atoms with E-state index in [1.54, 1.807) is 12.4 Å². The predicted molar refractivity (Wildman–Crippen MR) is 116 cm³/mol. The number of hydrogen-bond acceptors (Lipinski definition) is 7. The summed E-state index contributed by atoms with van der Waals surface area (Å²) in [6, 6.07) is 5.89. The van der Waals surface area contributed by atoms with Gasteiger partial charge in [0.2, 0.25) is 11.9 Å². The Bertz CT molecular complexity index is 788. The molecule has 2 aromatic rings. The second-order valence-corrected chi connectivity index (χ2v) is 8.25. The predicted octanol–water partition coefficient (Wildman–Crippen LogP) is 1.49. The van der Waals surface area contributed by atoms with Crippen LogP contribution in [0, 0.1) is 0 Å². The molecule has 1 amide bonds. The molecule has 9 heteroatoms. The Morgan fingerprint density at radius 3 is 2.24 bits per heavy atom. The van der Waals surface area contributed by atoms with E-state index in [4.69, 9.17) is 0 Å². The summed E-state index contributed by atoms with van der Waals surface area (Å²) in [4.78, 5) is 34.5. The smallest absolute Gasteiger partial charge is 0.225 e. The molecule has 154 valence electrons. The highest BCUT2D eigenvalue weighted by Crippen LogP contribution is 2.17. The van der Waals surface area contributed by atoms with Gasteiger partial charge in [0.05, 0.1) is 0 Å². The van der Waals surface area contributed by atoms with Crippen molar-refractivity contribution in [2.45, 2.75) is 6.42 Å². The molecule has 2 aliphatic rings. The number of rotatable bonds is 5. The third kappa shape index (κ3) is 5.22. The fourth-order valence-corrected chi connectivity index (χ4v) is 4.01. The van der Waals surface area contributed by atoms with Gasteiger partial charge in [0.15, 0.2) is 0 Å². The average Bonchev–Trinajstić information content (AvgIpc) is 2.79. The quantitative estimate of drug-likeness (QED) is 0.670. The molecule has 2 saturated heterocycles. The van der Waals surface area contributed by atoms with Crippen LogP contribution in [0.15, 0.2) is 41.3 Å². The minimum Gasteiger partial charge on any atom is -0.354 e. The molecule has 0 atom stereocenters. The minimum absolute atomic E-state index is 0.246. The van der Waals surface area contributed by atoms with Crippen LogP contribution < -0.4 is 9.80 Å². The van der Waals surface area contributed by atoms with E-state index < -0.39 is 0 Å². The number of anilines is 2. The molecule has 0 spiro atoms. The van der Waals surface area contributed by atoms with Crippen LogP contribution in [0.25, 0.3) is 0 Å². The molecule has 0 unspecified atom stereocenters. The molecule has 0 radical (unpaired) electrons. The first kappa shape index (κ1) is 20.0. The number of hydrogen-bond donors (Lipinski definition) is 0. The second-order valence-electron chi connectivity index (χ2n) is 7.33. The molecule has 4 rings (SSSR count). The molecule has 29 heavy (non-hydrogen) atoms. The molecular formula is C20H26BrN7O. The molecular weight excluding hydrogens is 434 g/mol. The van der Waals surface area contributed by atoms with Crippen molar-refractivity contribution in [3.8, 4) is 0 Å². The van der Waals surface area contributed by atoms with Gasteiger partial charge in [-0.25, -0.2) is 15.0 Å². The van der Waals surface area contributed by atoms with Crippen LogP contribution in [0.4, 0.5) is 11.8 Å². The number of carbonyl (C=O) groups is 1. The summed E-state index contributed by atoms with van der Waals surface area (Å²) in [6.07, 6.45) is 5.93. The number of halogens is 1. The summed E-state index contributed by atoms with van der Waals surface area (Å²) in [5, 5.41) is 0. The van der Waals surface area contributed by atoms with E-state index in [0.29, 0.717) is 6.42 Å².